The molecule has 2 aromatic heterocycles. The number of carboxylic acids is 1. The molecule has 0 aliphatic rings. The van der Waals surface area contributed by atoms with Gasteiger partial charge in [0.1, 0.15) is 4.88 Å². The van der Waals surface area contributed by atoms with E-state index in [-0.39, 0.29) is 6.54 Å². The highest BCUT2D eigenvalue weighted by atomic mass is 32.1. The van der Waals surface area contributed by atoms with E-state index in [2.05, 4.69) is 32.0 Å². The molecule has 0 spiro atoms. The summed E-state index contributed by atoms with van der Waals surface area (Å²) in [7, 11) is 0. The number of hydrogen-bond acceptors (Lipinski definition) is 7. The molecule has 21 heavy (non-hydrogen) atoms. The van der Waals surface area contributed by atoms with Crippen molar-refractivity contribution in [1.82, 2.24) is 29.8 Å². The van der Waals surface area contributed by atoms with E-state index in [4.69, 9.17) is 0 Å². The third kappa shape index (κ3) is 3.07. The highest BCUT2D eigenvalue weighted by molar-refractivity contribution is 7.09. The lowest BCUT2D eigenvalue weighted by atomic mass is 9.88. The Kier molecular flexibility index (Phi) is 4.61. The number of nitrogens with zero attached hydrogens (tertiary/aromatic N) is 6. The lowest BCUT2D eigenvalue weighted by molar-refractivity contribution is -0.149. The van der Waals surface area contributed by atoms with Crippen LogP contribution >= 0.6 is 11.5 Å². The largest absolute Gasteiger partial charge is 0.481 e. The average molecular weight is 310 g/mol. The van der Waals surface area contributed by atoms with Crippen LogP contribution in [0.15, 0.2) is 0 Å². The van der Waals surface area contributed by atoms with Gasteiger partial charge in [-0.3, -0.25) is 4.79 Å². The SMILES string of the molecule is CCCc1nnsc1-c1nnnn1CC(C)(CC)C(=O)O. The summed E-state index contributed by atoms with van der Waals surface area (Å²) in [6.07, 6.45) is 2.23. The Labute approximate surface area is 126 Å². The van der Waals surface area contributed by atoms with E-state index in [9.17, 15) is 9.90 Å². The maximum absolute atomic E-state index is 11.4. The first-order valence-corrected chi connectivity index (χ1v) is 7.60. The van der Waals surface area contributed by atoms with Gasteiger partial charge in [-0.2, -0.15) is 0 Å². The Morgan fingerprint density at radius 2 is 2.14 bits per heavy atom. The monoisotopic (exact) mass is 310 g/mol. The number of rotatable bonds is 7. The minimum Gasteiger partial charge on any atom is -0.481 e. The lowest BCUT2D eigenvalue weighted by Gasteiger charge is -2.22. The standard InChI is InChI=1S/C12H18N6O2S/c1-4-6-8-9(21-17-13-8)10-14-15-16-18(10)7-12(3,5-2)11(19)20/h4-7H2,1-3H3,(H,19,20). The zero-order valence-electron chi connectivity index (χ0n) is 12.3. The van der Waals surface area contributed by atoms with Gasteiger partial charge < -0.3 is 5.11 Å². The predicted octanol–water partition coefficient (Wildman–Crippen LogP) is 1.65. The molecule has 0 amide bonds. The number of tetrazole rings is 1. The third-order valence-corrected chi connectivity index (χ3v) is 4.34. The molecule has 0 aromatic carbocycles. The molecule has 9 heteroatoms. The Balaban J connectivity index is 2.35. The summed E-state index contributed by atoms with van der Waals surface area (Å²) in [6, 6.07) is 0. The minimum atomic E-state index is -0.910. The molecule has 2 rings (SSSR count). The Morgan fingerprint density at radius 3 is 2.76 bits per heavy atom. The van der Waals surface area contributed by atoms with Crippen LogP contribution in [0.3, 0.4) is 0 Å². The highest BCUT2D eigenvalue weighted by Crippen LogP contribution is 2.29. The van der Waals surface area contributed by atoms with Gasteiger partial charge in [0.15, 0.2) is 5.82 Å². The van der Waals surface area contributed by atoms with E-state index < -0.39 is 11.4 Å². The molecule has 2 aromatic rings. The van der Waals surface area contributed by atoms with Crippen LogP contribution in [0.5, 0.6) is 0 Å². The Bertz CT molecular complexity index is 625. The summed E-state index contributed by atoms with van der Waals surface area (Å²) in [6.45, 7) is 5.81. The van der Waals surface area contributed by atoms with Crippen LogP contribution in [-0.2, 0) is 17.8 Å². The van der Waals surface area contributed by atoms with Crippen molar-refractivity contribution < 1.29 is 9.90 Å². The molecule has 8 nitrogen and oxygen atoms in total. The van der Waals surface area contributed by atoms with Gasteiger partial charge in [-0.25, -0.2) is 4.68 Å². The van der Waals surface area contributed by atoms with E-state index in [1.54, 1.807) is 6.92 Å². The summed E-state index contributed by atoms with van der Waals surface area (Å²) < 4.78 is 5.49. The van der Waals surface area contributed by atoms with E-state index in [0.29, 0.717) is 12.2 Å². The summed E-state index contributed by atoms with van der Waals surface area (Å²) in [5.41, 5.74) is -0.0558. The molecule has 1 unspecified atom stereocenters. The first kappa shape index (κ1) is 15.5. The topological polar surface area (TPSA) is 107 Å². The number of aliphatic carboxylic acids is 1. The predicted molar refractivity (Wildman–Crippen MR) is 76.7 cm³/mol. The van der Waals surface area contributed by atoms with Gasteiger partial charge in [0, 0.05) is 0 Å². The Morgan fingerprint density at radius 1 is 1.38 bits per heavy atom. The van der Waals surface area contributed by atoms with Crippen molar-refractivity contribution in [3.8, 4) is 10.7 Å². The second-order valence-corrected chi connectivity index (χ2v) is 5.93. The molecule has 114 valence electrons. The van der Waals surface area contributed by atoms with Crippen molar-refractivity contribution in [3.05, 3.63) is 5.69 Å². The van der Waals surface area contributed by atoms with Crippen LogP contribution < -0.4 is 0 Å². The van der Waals surface area contributed by atoms with Crippen molar-refractivity contribution in [3.63, 3.8) is 0 Å². The molecular weight excluding hydrogens is 292 g/mol. The van der Waals surface area contributed by atoms with E-state index >= 15 is 0 Å². The van der Waals surface area contributed by atoms with Crippen LogP contribution in [0.4, 0.5) is 0 Å². The van der Waals surface area contributed by atoms with Crippen molar-refractivity contribution >= 4 is 17.5 Å². The zero-order chi connectivity index (χ0) is 15.5. The van der Waals surface area contributed by atoms with Gasteiger partial charge in [0.2, 0.25) is 0 Å². The molecule has 1 atom stereocenters. The van der Waals surface area contributed by atoms with Gasteiger partial charge in [0.25, 0.3) is 0 Å². The molecule has 0 aliphatic carbocycles. The molecule has 0 saturated heterocycles. The van der Waals surface area contributed by atoms with Crippen LogP contribution in [0.1, 0.15) is 39.3 Å². The quantitative estimate of drug-likeness (QED) is 0.828. The maximum Gasteiger partial charge on any atom is 0.311 e. The number of carbonyl (C=O) groups is 1. The van der Waals surface area contributed by atoms with Gasteiger partial charge in [0.05, 0.1) is 17.7 Å². The fourth-order valence-corrected chi connectivity index (χ4v) is 2.61. The molecule has 2 heterocycles. The first-order chi connectivity index (χ1) is 10.0. The highest BCUT2D eigenvalue weighted by Gasteiger charge is 2.33. The average Bonchev–Trinajstić information content (AvgIpc) is 3.07. The zero-order valence-corrected chi connectivity index (χ0v) is 13.1. The molecule has 0 fully saturated rings. The fraction of sp³-hybridized carbons (Fsp3) is 0.667. The van der Waals surface area contributed by atoms with E-state index in [0.717, 1.165) is 23.4 Å². The maximum atomic E-state index is 11.4. The first-order valence-electron chi connectivity index (χ1n) is 6.83. The van der Waals surface area contributed by atoms with Crippen molar-refractivity contribution in [2.45, 2.75) is 46.6 Å². The molecule has 0 radical (unpaired) electrons. The summed E-state index contributed by atoms with van der Waals surface area (Å²) in [5, 5.41) is 25.1. The number of aromatic nitrogens is 6. The third-order valence-electron chi connectivity index (χ3n) is 3.57. The van der Waals surface area contributed by atoms with Gasteiger partial charge in [-0.1, -0.05) is 24.8 Å². The van der Waals surface area contributed by atoms with Crippen LogP contribution in [0, 0.1) is 5.41 Å². The van der Waals surface area contributed by atoms with Gasteiger partial charge in [-0.15, -0.1) is 10.2 Å². The van der Waals surface area contributed by atoms with Crippen LogP contribution in [0.25, 0.3) is 10.7 Å². The molecule has 0 bridgehead atoms. The summed E-state index contributed by atoms with van der Waals surface area (Å²) in [4.78, 5) is 12.3. The summed E-state index contributed by atoms with van der Waals surface area (Å²) in [5.74, 6) is -0.322. The van der Waals surface area contributed by atoms with Crippen LogP contribution in [0.2, 0.25) is 0 Å². The molecule has 0 saturated carbocycles. The summed E-state index contributed by atoms with van der Waals surface area (Å²) >= 11 is 1.23. The molecule has 0 aliphatic heterocycles. The molecular formula is C12H18N6O2S. The normalized spacial score (nSPS) is 14.0. The fourth-order valence-electron chi connectivity index (χ4n) is 1.91. The van der Waals surface area contributed by atoms with Crippen molar-refractivity contribution in [1.29, 1.82) is 0 Å². The number of aryl methyl sites for hydroxylation is 1. The number of hydrogen-bond donors (Lipinski definition) is 1. The Hall–Kier alpha value is -1.90. The van der Waals surface area contributed by atoms with Crippen LogP contribution in [-0.4, -0.2) is 40.9 Å². The second kappa shape index (κ2) is 6.25. The van der Waals surface area contributed by atoms with Gasteiger partial charge >= 0.3 is 5.97 Å². The number of carboxylic acid groups (broad SMARTS) is 1. The lowest BCUT2D eigenvalue weighted by Crippen LogP contribution is -2.32. The van der Waals surface area contributed by atoms with E-state index in [1.165, 1.54) is 16.2 Å². The van der Waals surface area contributed by atoms with Gasteiger partial charge in [-0.05, 0) is 41.7 Å². The van der Waals surface area contributed by atoms with E-state index in [1.807, 2.05) is 6.92 Å². The smallest absolute Gasteiger partial charge is 0.311 e. The minimum absolute atomic E-state index is 0.213. The second-order valence-electron chi connectivity index (χ2n) is 5.18. The van der Waals surface area contributed by atoms with Crippen molar-refractivity contribution in [2.75, 3.05) is 0 Å². The van der Waals surface area contributed by atoms with Crippen molar-refractivity contribution in [2.24, 2.45) is 5.41 Å². The molecule has 1 N–H and O–H groups in total.